The molecule has 0 bridgehead atoms. The number of hydrogen-bond acceptors (Lipinski definition) is 2. The summed E-state index contributed by atoms with van der Waals surface area (Å²) in [5.41, 5.74) is 0.762. The van der Waals surface area contributed by atoms with Crippen LogP contribution in [0.15, 0.2) is 46.9 Å². The first-order chi connectivity index (χ1) is 8.19. The van der Waals surface area contributed by atoms with Crippen LogP contribution in [0.25, 0.3) is 0 Å². The minimum absolute atomic E-state index is 0.0295. The molecular weight excluding hydrogens is 303 g/mol. The lowest BCUT2D eigenvalue weighted by Crippen LogP contribution is -1.88. The van der Waals surface area contributed by atoms with Gasteiger partial charge in [-0.3, -0.25) is 0 Å². The van der Waals surface area contributed by atoms with E-state index >= 15 is 0 Å². The standard InChI is InChI=1S/C13H10BrClO2/c14-10-2-4-11(5-3-10)17-13-6-1-9(8-16)7-12(13)15/h1-7,16H,8H2. The Hall–Kier alpha value is -1.03. The lowest BCUT2D eigenvalue weighted by molar-refractivity contribution is 0.281. The van der Waals surface area contributed by atoms with E-state index < -0.39 is 0 Å². The molecule has 0 aliphatic heterocycles. The molecule has 4 heteroatoms. The average Bonchev–Trinajstić information content (AvgIpc) is 2.34. The SMILES string of the molecule is OCc1ccc(Oc2ccc(Br)cc2)c(Cl)c1. The molecule has 2 rings (SSSR count). The van der Waals surface area contributed by atoms with Gasteiger partial charge in [-0.25, -0.2) is 0 Å². The highest BCUT2D eigenvalue weighted by Gasteiger charge is 2.04. The molecule has 0 saturated carbocycles. The number of halogens is 2. The van der Waals surface area contributed by atoms with Crippen molar-refractivity contribution in [3.05, 3.63) is 57.5 Å². The predicted molar refractivity (Wildman–Crippen MR) is 71.6 cm³/mol. The fourth-order valence-electron chi connectivity index (χ4n) is 1.36. The van der Waals surface area contributed by atoms with Crippen molar-refractivity contribution in [1.82, 2.24) is 0 Å². The second kappa shape index (κ2) is 5.54. The molecule has 0 aliphatic rings. The van der Waals surface area contributed by atoms with Gasteiger partial charge in [0.15, 0.2) is 0 Å². The first-order valence-electron chi connectivity index (χ1n) is 5.02. The van der Waals surface area contributed by atoms with Crippen LogP contribution in [-0.2, 0) is 6.61 Å². The molecule has 0 spiro atoms. The summed E-state index contributed by atoms with van der Waals surface area (Å²) in [6, 6.07) is 12.7. The first-order valence-corrected chi connectivity index (χ1v) is 6.19. The summed E-state index contributed by atoms with van der Waals surface area (Å²) in [6.45, 7) is -0.0295. The third kappa shape index (κ3) is 3.22. The van der Waals surface area contributed by atoms with Crippen molar-refractivity contribution >= 4 is 27.5 Å². The number of ether oxygens (including phenoxy) is 1. The maximum atomic E-state index is 8.97. The Balaban J connectivity index is 2.21. The molecule has 2 aromatic carbocycles. The molecule has 0 fully saturated rings. The molecule has 0 heterocycles. The zero-order valence-corrected chi connectivity index (χ0v) is 11.2. The molecule has 0 saturated heterocycles. The summed E-state index contributed by atoms with van der Waals surface area (Å²) >= 11 is 9.40. The van der Waals surface area contributed by atoms with E-state index in [1.807, 2.05) is 24.3 Å². The van der Waals surface area contributed by atoms with Crippen LogP contribution >= 0.6 is 27.5 Å². The second-order valence-electron chi connectivity index (χ2n) is 3.48. The summed E-state index contributed by atoms with van der Waals surface area (Å²) < 4.78 is 6.62. The molecule has 0 amide bonds. The third-order valence-corrected chi connectivity index (χ3v) is 3.04. The Morgan fingerprint density at radius 1 is 1.12 bits per heavy atom. The lowest BCUT2D eigenvalue weighted by atomic mass is 10.2. The van der Waals surface area contributed by atoms with Crippen molar-refractivity contribution in [2.75, 3.05) is 0 Å². The van der Waals surface area contributed by atoms with E-state index in [9.17, 15) is 0 Å². The minimum atomic E-state index is -0.0295. The fraction of sp³-hybridized carbons (Fsp3) is 0.0769. The number of rotatable bonds is 3. The summed E-state index contributed by atoms with van der Waals surface area (Å²) in [6.07, 6.45) is 0. The van der Waals surface area contributed by atoms with Crippen molar-refractivity contribution in [2.24, 2.45) is 0 Å². The van der Waals surface area contributed by atoms with Gasteiger partial charge in [-0.05, 0) is 42.0 Å². The van der Waals surface area contributed by atoms with E-state index in [2.05, 4.69) is 15.9 Å². The quantitative estimate of drug-likeness (QED) is 0.911. The largest absolute Gasteiger partial charge is 0.456 e. The Kier molecular flexibility index (Phi) is 4.05. The maximum Gasteiger partial charge on any atom is 0.146 e. The van der Waals surface area contributed by atoms with Gasteiger partial charge in [-0.2, -0.15) is 0 Å². The summed E-state index contributed by atoms with van der Waals surface area (Å²) in [7, 11) is 0. The van der Waals surface area contributed by atoms with Crippen molar-refractivity contribution < 1.29 is 9.84 Å². The third-order valence-electron chi connectivity index (χ3n) is 2.22. The van der Waals surface area contributed by atoms with Gasteiger partial charge in [0.25, 0.3) is 0 Å². The van der Waals surface area contributed by atoms with Gasteiger partial charge in [-0.1, -0.05) is 33.6 Å². The smallest absolute Gasteiger partial charge is 0.146 e. The number of benzene rings is 2. The molecule has 2 nitrogen and oxygen atoms in total. The van der Waals surface area contributed by atoms with E-state index in [1.54, 1.807) is 18.2 Å². The molecule has 0 aromatic heterocycles. The molecule has 0 radical (unpaired) electrons. The molecule has 0 aliphatic carbocycles. The van der Waals surface area contributed by atoms with Crippen LogP contribution in [0.2, 0.25) is 5.02 Å². The minimum Gasteiger partial charge on any atom is -0.456 e. The number of aliphatic hydroxyl groups is 1. The zero-order valence-electron chi connectivity index (χ0n) is 8.86. The van der Waals surface area contributed by atoms with Crippen LogP contribution in [0.3, 0.4) is 0 Å². The second-order valence-corrected chi connectivity index (χ2v) is 4.80. The highest BCUT2D eigenvalue weighted by Crippen LogP contribution is 2.30. The maximum absolute atomic E-state index is 8.97. The molecule has 0 unspecified atom stereocenters. The van der Waals surface area contributed by atoms with Gasteiger partial charge < -0.3 is 9.84 Å². The molecule has 2 aromatic rings. The summed E-state index contributed by atoms with van der Waals surface area (Å²) in [5.74, 6) is 1.29. The summed E-state index contributed by atoms with van der Waals surface area (Å²) in [4.78, 5) is 0. The first kappa shape index (κ1) is 12.4. The highest BCUT2D eigenvalue weighted by molar-refractivity contribution is 9.10. The number of hydrogen-bond donors (Lipinski definition) is 1. The Morgan fingerprint density at radius 2 is 1.82 bits per heavy atom. The van der Waals surface area contributed by atoms with E-state index in [0.717, 1.165) is 10.0 Å². The van der Waals surface area contributed by atoms with Crippen LogP contribution in [0, 0.1) is 0 Å². The van der Waals surface area contributed by atoms with E-state index in [0.29, 0.717) is 16.5 Å². The van der Waals surface area contributed by atoms with Gasteiger partial charge >= 0.3 is 0 Å². The van der Waals surface area contributed by atoms with Crippen LogP contribution in [0.1, 0.15) is 5.56 Å². The molecule has 88 valence electrons. The van der Waals surface area contributed by atoms with Crippen LogP contribution in [-0.4, -0.2) is 5.11 Å². The van der Waals surface area contributed by atoms with Crippen molar-refractivity contribution in [3.63, 3.8) is 0 Å². The topological polar surface area (TPSA) is 29.5 Å². The predicted octanol–water partition coefficient (Wildman–Crippen LogP) is 4.39. The molecule has 17 heavy (non-hydrogen) atoms. The van der Waals surface area contributed by atoms with Gasteiger partial charge in [0, 0.05) is 4.47 Å². The van der Waals surface area contributed by atoms with Crippen LogP contribution in [0.4, 0.5) is 0 Å². The Labute approximate surface area is 113 Å². The van der Waals surface area contributed by atoms with Gasteiger partial charge in [0.2, 0.25) is 0 Å². The molecule has 1 N–H and O–H groups in total. The van der Waals surface area contributed by atoms with Crippen LogP contribution < -0.4 is 4.74 Å². The van der Waals surface area contributed by atoms with Crippen molar-refractivity contribution in [3.8, 4) is 11.5 Å². The average molecular weight is 314 g/mol. The van der Waals surface area contributed by atoms with Gasteiger partial charge in [0.1, 0.15) is 11.5 Å². The van der Waals surface area contributed by atoms with Crippen molar-refractivity contribution in [1.29, 1.82) is 0 Å². The number of aliphatic hydroxyl groups excluding tert-OH is 1. The highest BCUT2D eigenvalue weighted by atomic mass is 79.9. The fourth-order valence-corrected chi connectivity index (χ4v) is 1.86. The monoisotopic (exact) mass is 312 g/mol. The van der Waals surface area contributed by atoms with E-state index in [1.165, 1.54) is 0 Å². The normalized spacial score (nSPS) is 10.3. The Bertz CT molecular complexity index is 511. The molecule has 0 atom stereocenters. The lowest BCUT2D eigenvalue weighted by Gasteiger charge is -2.08. The zero-order chi connectivity index (χ0) is 12.3. The van der Waals surface area contributed by atoms with Crippen molar-refractivity contribution in [2.45, 2.75) is 6.61 Å². The van der Waals surface area contributed by atoms with Crippen LogP contribution in [0.5, 0.6) is 11.5 Å². The summed E-state index contributed by atoms with van der Waals surface area (Å²) in [5, 5.41) is 9.45. The molecular formula is C13H10BrClO2. The Morgan fingerprint density at radius 3 is 2.41 bits per heavy atom. The van der Waals surface area contributed by atoms with Gasteiger partial charge in [-0.15, -0.1) is 0 Å². The van der Waals surface area contributed by atoms with E-state index in [4.69, 9.17) is 21.4 Å². The van der Waals surface area contributed by atoms with E-state index in [-0.39, 0.29) is 6.61 Å². The van der Waals surface area contributed by atoms with Gasteiger partial charge in [0.05, 0.1) is 11.6 Å².